The van der Waals surface area contributed by atoms with Crippen molar-refractivity contribution in [2.45, 2.75) is 6.36 Å². The molecule has 0 saturated heterocycles. The highest BCUT2D eigenvalue weighted by atomic mass is 19.4. The van der Waals surface area contributed by atoms with Crippen molar-refractivity contribution in [3.63, 3.8) is 0 Å². The van der Waals surface area contributed by atoms with Gasteiger partial charge in [0.05, 0.1) is 26.4 Å². The zero-order valence-electron chi connectivity index (χ0n) is 7.80. The molecule has 0 fully saturated rings. The standard InChI is InChI=1S/C7H13F3O4/c1-11-2-3-12-6-13-4-5-14-7(8,9)10/h2-6H2,1H3. The summed E-state index contributed by atoms with van der Waals surface area (Å²) in [7, 11) is 1.52. The first-order valence-electron chi connectivity index (χ1n) is 3.91. The molecule has 0 saturated carbocycles. The molecule has 0 rings (SSSR count). The van der Waals surface area contributed by atoms with Gasteiger partial charge in [0.2, 0.25) is 0 Å². The fourth-order valence-electron chi connectivity index (χ4n) is 0.535. The quantitative estimate of drug-likeness (QED) is 0.452. The fourth-order valence-corrected chi connectivity index (χ4v) is 0.535. The summed E-state index contributed by atoms with van der Waals surface area (Å²) < 4.78 is 51.8. The third kappa shape index (κ3) is 11.6. The van der Waals surface area contributed by atoms with Crippen molar-refractivity contribution in [3.8, 4) is 0 Å². The van der Waals surface area contributed by atoms with Crippen molar-refractivity contribution in [2.24, 2.45) is 0 Å². The van der Waals surface area contributed by atoms with Gasteiger partial charge in [-0.15, -0.1) is 13.2 Å². The smallest absolute Gasteiger partial charge is 0.382 e. The Kier molecular flexibility index (Phi) is 7.77. The molecule has 7 heteroatoms. The maximum Gasteiger partial charge on any atom is 0.522 e. The zero-order valence-corrected chi connectivity index (χ0v) is 7.80. The van der Waals surface area contributed by atoms with Crippen LogP contribution in [0.15, 0.2) is 0 Å². The zero-order chi connectivity index (χ0) is 10.9. The SMILES string of the molecule is COCCOCOCCOC(F)(F)F. The summed E-state index contributed by atoms with van der Waals surface area (Å²) in [6.45, 7) is 0.00719. The van der Waals surface area contributed by atoms with E-state index in [-0.39, 0.29) is 13.4 Å². The van der Waals surface area contributed by atoms with Crippen LogP contribution in [0.25, 0.3) is 0 Å². The lowest BCUT2D eigenvalue weighted by Crippen LogP contribution is -2.18. The summed E-state index contributed by atoms with van der Waals surface area (Å²) in [5.41, 5.74) is 0. The summed E-state index contributed by atoms with van der Waals surface area (Å²) in [6, 6.07) is 0. The second-order valence-electron chi connectivity index (χ2n) is 2.22. The van der Waals surface area contributed by atoms with Gasteiger partial charge in [0.15, 0.2) is 0 Å². The van der Waals surface area contributed by atoms with Crippen LogP contribution in [0.2, 0.25) is 0 Å². The summed E-state index contributed by atoms with van der Waals surface area (Å²) in [4.78, 5) is 0. The minimum absolute atomic E-state index is 0.0649. The molecule has 0 heterocycles. The molecule has 0 aromatic heterocycles. The van der Waals surface area contributed by atoms with E-state index < -0.39 is 13.0 Å². The highest BCUT2D eigenvalue weighted by Gasteiger charge is 2.28. The van der Waals surface area contributed by atoms with E-state index in [1.807, 2.05) is 0 Å². The van der Waals surface area contributed by atoms with Crippen LogP contribution in [0.5, 0.6) is 0 Å². The number of halogens is 3. The molecule has 0 aromatic rings. The van der Waals surface area contributed by atoms with E-state index in [0.29, 0.717) is 13.2 Å². The van der Waals surface area contributed by atoms with Crippen molar-refractivity contribution in [1.29, 1.82) is 0 Å². The average molecular weight is 218 g/mol. The van der Waals surface area contributed by atoms with Gasteiger partial charge in [0.1, 0.15) is 6.79 Å². The van der Waals surface area contributed by atoms with Gasteiger partial charge in [-0.1, -0.05) is 0 Å². The Balaban J connectivity index is 2.99. The second-order valence-corrected chi connectivity index (χ2v) is 2.22. The third-order valence-electron chi connectivity index (χ3n) is 1.09. The lowest BCUT2D eigenvalue weighted by Gasteiger charge is -2.08. The summed E-state index contributed by atoms with van der Waals surface area (Å²) in [5, 5.41) is 0. The van der Waals surface area contributed by atoms with Crippen LogP contribution in [-0.2, 0) is 18.9 Å². The van der Waals surface area contributed by atoms with Crippen molar-refractivity contribution < 1.29 is 32.1 Å². The fraction of sp³-hybridized carbons (Fsp3) is 1.00. The summed E-state index contributed by atoms with van der Waals surface area (Å²) in [5.74, 6) is 0. The molecule has 0 aliphatic heterocycles. The first-order valence-corrected chi connectivity index (χ1v) is 3.91. The Hall–Kier alpha value is -0.370. The number of hydrogen-bond donors (Lipinski definition) is 0. The van der Waals surface area contributed by atoms with E-state index >= 15 is 0 Å². The highest BCUT2D eigenvalue weighted by Crippen LogP contribution is 2.15. The first-order chi connectivity index (χ1) is 6.56. The van der Waals surface area contributed by atoms with E-state index in [9.17, 15) is 13.2 Å². The van der Waals surface area contributed by atoms with Gasteiger partial charge in [-0.2, -0.15) is 0 Å². The molecule has 0 aromatic carbocycles. The molecule has 0 amide bonds. The molecule has 14 heavy (non-hydrogen) atoms. The lowest BCUT2D eigenvalue weighted by atomic mass is 10.8. The van der Waals surface area contributed by atoms with Gasteiger partial charge in [-0.3, -0.25) is 4.74 Å². The number of ether oxygens (including phenoxy) is 4. The van der Waals surface area contributed by atoms with Gasteiger partial charge in [0, 0.05) is 7.11 Å². The van der Waals surface area contributed by atoms with Gasteiger partial charge in [0.25, 0.3) is 0 Å². The Bertz CT molecular complexity index is 129. The molecule has 0 aliphatic carbocycles. The normalized spacial score (nSPS) is 12.0. The third-order valence-corrected chi connectivity index (χ3v) is 1.09. The van der Waals surface area contributed by atoms with Crippen LogP contribution in [0.3, 0.4) is 0 Å². The monoisotopic (exact) mass is 218 g/mol. The molecule has 0 bridgehead atoms. The average Bonchev–Trinajstić information content (AvgIpc) is 2.08. The van der Waals surface area contributed by atoms with Crippen molar-refractivity contribution in [1.82, 2.24) is 0 Å². The van der Waals surface area contributed by atoms with Crippen LogP contribution >= 0.6 is 0 Å². The predicted octanol–water partition coefficient (Wildman–Crippen LogP) is 1.16. The maximum atomic E-state index is 11.4. The highest BCUT2D eigenvalue weighted by molar-refractivity contribution is 4.30. The van der Waals surface area contributed by atoms with Crippen molar-refractivity contribution in [2.75, 3.05) is 40.3 Å². The molecule has 0 spiro atoms. The summed E-state index contributed by atoms with van der Waals surface area (Å²) in [6.07, 6.45) is -4.60. The Morgan fingerprint density at radius 2 is 1.50 bits per heavy atom. The maximum absolute atomic E-state index is 11.4. The van der Waals surface area contributed by atoms with E-state index in [0.717, 1.165) is 0 Å². The van der Waals surface area contributed by atoms with Gasteiger partial charge in [-0.25, -0.2) is 0 Å². The van der Waals surface area contributed by atoms with E-state index in [1.54, 1.807) is 0 Å². The van der Waals surface area contributed by atoms with Crippen molar-refractivity contribution in [3.05, 3.63) is 0 Å². The Labute approximate surface area is 79.9 Å². The topological polar surface area (TPSA) is 36.9 Å². The largest absolute Gasteiger partial charge is 0.522 e. The molecule has 0 aliphatic rings. The number of rotatable bonds is 8. The minimum atomic E-state index is -4.60. The van der Waals surface area contributed by atoms with Gasteiger partial charge < -0.3 is 14.2 Å². The number of methoxy groups -OCH3 is 1. The Morgan fingerprint density at radius 3 is 2.00 bits per heavy atom. The van der Waals surface area contributed by atoms with Crippen LogP contribution < -0.4 is 0 Å². The van der Waals surface area contributed by atoms with Gasteiger partial charge >= 0.3 is 6.36 Å². The second kappa shape index (κ2) is 7.98. The Morgan fingerprint density at radius 1 is 0.929 bits per heavy atom. The molecular weight excluding hydrogens is 205 g/mol. The van der Waals surface area contributed by atoms with Crippen LogP contribution in [0, 0.1) is 0 Å². The molecule has 4 nitrogen and oxygen atoms in total. The molecule has 0 radical (unpaired) electrons. The molecule has 0 N–H and O–H groups in total. The first kappa shape index (κ1) is 13.6. The molecular formula is C7H13F3O4. The molecule has 0 unspecified atom stereocenters. The minimum Gasteiger partial charge on any atom is -0.382 e. The predicted molar refractivity (Wildman–Crippen MR) is 40.7 cm³/mol. The molecule has 0 atom stereocenters. The van der Waals surface area contributed by atoms with Gasteiger partial charge in [-0.05, 0) is 0 Å². The van der Waals surface area contributed by atoms with Crippen LogP contribution in [-0.4, -0.2) is 46.7 Å². The van der Waals surface area contributed by atoms with Crippen molar-refractivity contribution >= 4 is 0 Å². The number of hydrogen-bond acceptors (Lipinski definition) is 4. The van der Waals surface area contributed by atoms with E-state index in [4.69, 9.17) is 4.74 Å². The van der Waals surface area contributed by atoms with E-state index in [2.05, 4.69) is 14.2 Å². The molecule has 86 valence electrons. The van der Waals surface area contributed by atoms with Crippen LogP contribution in [0.1, 0.15) is 0 Å². The lowest BCUT2D eigenvalue weighted by molar-refractivity contribution is -0.328. The van der Waals surface area contributed by atoms with E-state index in [1.165, 1.54) is 7.11 Å². The van der Waals surface area contributed by atoms with Crippen LogP contribution in [0.4, 0.5) is 13.2 Å². The number of alkyl halides is 3. The summed E-state index contributed by atoms with van der Waals surface area (Å²) >= 11 is 0.